The molecule has 0 heterocycles. The minimum Gasteiger partial charge on any atom is -0.193 e. The number of hydrogen-bond donors (Lipinski definition) is 0. The molecule has 0 aromatic heterocycles. The van der Waals surface area contributed by atoms with Crippen molar-refractivity contribution in [1.82, 2.24) is 0 Å². The van der Waals surface area contributed by atoms with Crippen LogP contribution in [0.15, 0.2) is 8.61 Å². The lowest BCUT2D eigenvalue weighted by Gasteiger charge is -2.41. The van der Waals surface area contributed by atoms with E-state index in [1.165, 1.54) is 0 Å². The second kappa shape index (κ2) is 3.36. The van der Waals surface area contributed by atoms with Crippen LogP contribution in [0.3, 0.4) is 0 Å². The van der Waals surface area contributed by atoms with Crippen molar-refractivity contribution < 1.29 is 35.1 Å². The van der Waals surface area contributed by atoms with E-state index in [1.54, 1.807) is 0 Å². The zero-order chi connectivity index (χ0) is 13.2. The van der Waals surface area contributed by atoms with Crippen molar-refractivity contribution in [2.24, 2.45) is 0 Å². The first-order valence-corrected chi connectivity index (χ1v) is 4.85. The highest BCUT2D eigenvalue weighted by Crippen LogP contribution is 2.63. The fourth-order valence-electron chi connectivity index (χ4n) is 0.946. The molecule has 16 heavy (non-hydrogen) atoms. The number of hydrogen-bond acceptors (Lipinski definition) is 0. The Morgan fingerprint density at radius 3 is 1.44 bits per heavy atom. The smallest absolute Gasteiger partial charge is 0.193 e. The quantitative estimate of drug-likeness (QED) is 0.427. The molecule has 0 atom stereocenters. The summed E-state index contributed by atoms with van der Waals surface area (Å²) in [6, 6.07) is 0. The SMILES string of the molecule is FC1(F)C(Cl)=C(I)C(F)(F)C(F)(F)C1(F)F. The highest BCUT2D eigenvalue weighted by atomic mass is 127. The van der Waals surface area contributed by atoms with Gasteiger partial charge in [-0.05, 0) is 22.6 Å². The second-order valence-electron chi connectivity index (χ2n) is 2.93. The molecule has 0 fully saturated rings. The maximum atomic E-state index is 12.8. The third-order valence-electron chi connectivity index (χ3n) is 1.93. The summed E-state index contributed by atoms with van der Waals surface area (Å²) in [5.74, 6) is -23.4. The average Bonchev–Trinajstić information content (AvgIpc) is 2.12. The molecule has 0 aliphatic heterocycles. The van der Waals surface area contributed by atoms with Crippen molar-refractivity contribution in [1.29, 1.82) is 0 Å². The Morgan fingerprint density at radius 2 is 1.06 bits per heavy atom. The van der Waals surface area contributed by atoms with Crippen LogP contribution in [0.25, 0.3) is 0 Å². The first kappa shape index (κ1) is 14.3. The molecule has 0 radical (unpaired) electrons. The molecule has 0 bridgehead atoms. The molecule has 0 saturated heterocycles. The average molecular weight is 386 g/mol. The van der Waals surface area contributed by atoms with Crippen LogP contribution in [0.5, 0.6) is 0 Å². The Hall–Kier alpha value is 0.200. The summed E-state index contributed by atoms with van der Waals surface area (Å²) in [6.07, 6.45) is 0. The van der Waals surface area contributed by atoms with Crippen molar-refractivity contribution >= 4 is 34.2 Å². The summed E-state index contributed by atoms with van der Waals surface area (Å²) < 4.78 is 99.3. The summed E-state index contributed by atoms with van der Waals surface area (Å²) in [7, 11) is 0. The van der Waals surface area contributed by atoms with Gasteiger partial charge < -0.3 is 0 Å². The van der Waals surface area contributed by atoms with E-state index in [0.29, 0.717) is 22.6 Å². The Morgan fingerprint density at radius 1 is 0.750 bits per heavy atom. The van der Waals surface area contributed by atoms with Crippen molar-refractivity contribution in [3.63, 3.8) is 0 Å². The van der Waals surface area contributed by atoms with Gasteiger partial charge >= 0.3 is 23.7 Å². The summed E-state index contributed by atoms with van der Waals surface area (Å²) in [6.45, 7) is 0. The number of allylic oxidation sites excluding steroid dienone is 2. The fourth-order valence-corrected chi connectivity index (χ4v) is 1.86. The molecule has 0 aromatic carbocycles. The van der Waals surface area contributed by atoms with Gasteiger partial charge in [-0.2, -0.15) is 35.1 Å². The lowest BCUT2D eigenvalue weighted by Crippen LogP contribution is -2.65. The molecular weight excluding hydrogens is 386 g/mol. The standard InChI is InChI=1S/C6ClF8I/c7-1-2(16)4(10,11)6(14,15)5(12,13)3(1,8)9. The Bertz CT molecular complexity index is 326. The first-order valence-electron chi connectivity index (χ1n) is 3.39. The van der Waals surface area contributed by atoms with E-state index < -0.39 is 32.3 Å². The second-order valence-corrected chi connectivity index (χ2v) is 4.38. The molecule has 10 heteroatoms. The molecule has 1 rings (SSSR count). The molecule has 0 aromatic rings. The maximum Gasteiger partial charge on any atom is 0.383 e. The molecule has 0 unspecified atom stereocenters. The van der Waals surface area contributed by atoms with Gasteiger partial charge in [-0.1, -0.05) is 11.6 Å². The van der Waals surface area contributed by atoms with Gasteiger partial charge in [0, 0.05) is 0 Å². The van der Waals surface area contributed by atoms with Crippen LogP contribution in [0, 0.1) is 0 Å². The minimum absolute atomic E-state index is 0.397. The van der Waals surface area contributed by atoms with E-state index in [-0.39, 0.29) is 0 Å². The third kappa shape index (κ3) is 1.33. The predicted octanol–water partition coefficient (Wildman–Crippen LogP) is 4.43. The number of alkyl halides is 8. The van der Waals surface area contributed by atoms with Crippen molar-refractivity contribution in [2.75, 3.05) is 0 Å². The largest absolute Gasteiger partial charge is 0.383 e. The van der Waals surface area contributed by atoms with Gasteiger partial charge in [0.2, 0.25) is 0 Å². The summed E-state index contributed by atoms with van der Waals surface area (Å²) in [4.78, 5) is 0. The molecule has 0 amide bonds. The Balaban J connectivity index is 3.64. The maximum absolute atomic E-state index is 12.8. The van der Waals surface area contributed by atoms with Gasteiger partial charge in [0.1, 0.15) is 5.03 Å². The summed E-state index contributed by atoms with van der Waals surface area (Å²) >= 11 is 4.98. The van der Waals surface area contributed by atoms with Crippen LogP contribution in [0.2, 0.25) is 0 Å². The topological polar surface area (TPSA) is 0 Å². The summed E-state index contributed by atoms with van der Waals surface area (Å²) in [5, 5.41) is -2.27. The van der Waals surface area contributed by atoms with Crippen LogP contribution >= 0.6 is 34.2 Å². The Kier molecular flexibility index (Phi) is 3.00. The lowest BCUT2D eigenvalue weighted by molar-refractivity contribution is -0.354. The predicted molar refractivity (Wildman–Crippen MR) is 46.7 cm³/mol. The first-order chi connectivity index (χ1) is 6.82. The van der Waals surface area contributed by atoms with Crippen LogP contribution < -0.4 is 0 Å². The number of rotatable bonds is 0. The molecular formula is C6ClF8I. The third-order valence-corrected chi connectivity index (χ3v) is 3.89. The van der Waals surface area contributed by atoms with Crippen molar-refractivity contribution in [2.45, 2.75) is 23.7 Å². The van der Waals surface area contributed by atoms with Crippen LogP contribution in [0.1, 0.15) is 0 Å². The minimum atomic E-state index is -6.25. The van der Waals surface area contributed by atoms with Crippen molar-refractivity contribution in [3.05, 3.63) is 8.61 Å². The van der Waals surface area contributed by atoms with E-state index in [9.17, 15) is 35.1 Å². The zero-order valence-electron chi connectivity index (χ0n) is 6.78. The molecule has 1 aliphatic rings. The van der Waals surface area contributed by atoms with Crippen LogP contribution in [-0.2, 0) is 0 Å². The van der Waals surface area contributed by atoms with E-state index >= 15 is 0 Å². The zero-order valence-corrected chi connectivity index (χ0v) is 9.69. The van der Waals surface area contributed by atoms with E-state index in [4.69, 9.17) is 0 Å². The monoisotopic (exact) mass is 386 g/mol. The lowest BCUT2D eigenvalue weighted by atomic mass is 9.92. The molecule has 0 nitrogen and oxygen atoms in total. The van der Waals surface area contributed by atoms with Crippen LogP contribution in [-0.4, -0.2) is 23.7 Å². The van der Waals surface area contributed by atoms with Gasteiger partial charge in [-0.3, -0.25) is 0 Å². The normalized spacial score (nSPS) is 30.4. The van der Waals surface area contributed by atoms with E-state index in [2.05, 4.69) is 11.6 Å². The summed E-state index contributed by atoms with van der Waals surface area (Å²) in [5.41, 5.74) is 0. The van der Waals surface area contributed by atoms with Gasteiger partial charge in [0.15, 0.2) is 0 Å². The van der Waals surface area contributed by atoms with Crippen LogP contribution in [0.4, 0.5) is 35.1 Å². The van der Waals surface area contributed by atoms with E-state index in [0.717, 1.165) is 0 Å². The van der Waals surface area contributed by atoms with E-state index in [1.807, 2.05) is 0 Å². The molecule has 0 spiro atoms. The molecule has 0 saturated carbocycles. The fraction of sp³-hybridized carbons (Fsp3) is 0.667. The Labute approximate surface area is 102 Å². The van der Waals surface area contributed by atoms with Gasteiger partial charge in [-0.25, -0.2) is 0 Å². The van der Waals surface area contributed by atoms with Gasteiger partial charge in [-0.15, -0.1) is 0 Å². The molecule has 94 valence electrons. The van der Waals surface area contributed by atoms with Crippen molar-refractivity contribution in [3.8, 4) is 0 Å². The number of halogens is 10. The highest BCUT2D eigenvalue weighted by molar-refractivity contribution is 14.1. The molecule has 1 aliphatic carbocycles. The molecule has 0 N–H and O–H groups in total. The van der Waals surface area contributed by atoms with Gasteiger partial charge in [0.05, 0.1) is 3.58 Å². The van der Waals surface area contributed by atoms with Gasteiger partial charge in [0.25, 0.3) is 0 Å². The highest BCUT2D eigenvalue weighted by Gasteiger charge is 2.85.